The van der Waals surface area contributed by atoms with Gasteiger partial charge in [0.15, 0.2) is 5.78 Å². The van der Waals surface area contributed by atoms with Crippen LogP contribution in [0.2, 0.25) is 10.0 Å². The van der Waals surface area contributed by atoms with Gasteiger partial charge in [-0.25, -0.2) is 0 Å². The molecule has 1 heterocycles. The van der Waals surface area contributed by atoms with E-state index in [1.807, 2.05) is 0 Å². The largest absolute Gasteiger partial charge is 0.296 e. The summed E-state index contributed by atoms with van der Waals surface area (Å²) in [5.74, 6) is 0.0504. The highest BCUT2D eigenvalue weighted by atomic mass is 35.5. The van der Waals surface area contributed by atoms with E-state index in [0.717, 1.165) is 13.1 Å². The van der Waals surface area contributed by atoms with Gasteiger partial charge in [0.1, 0.15) is 0 Å². The summed E-state index contributed by atoms with van der Waals surface area (Å²) in [6, 6.07) is 5.00. The maximum Gasteiger partial charge on any atom is 0.178 e. The fourth-order valence-corrected chi connectivity index (χ4v) is 2.34. The Labute approximate surface area is 105 Å². The lowest BCUT2D eigenvalue weighted by atomic mass is 10.1. The van der Waals surface area contributed by atoms with E-state index in [4.69, 9.17) is 23.2 Å². The van der Waals surface area contributed by atoms with Crippen molar-refractivity contribution in [3.8, 4) is 0 Å². The van der Waals surface area contributed by atoms with Gasteiger partial charge in [-0.2, -0.15) is 0 Å². The van der Waals surface area contributed by atoms with Gasteiger partial charge in [0.05, 0.1) is 11.6 Å². The second-order valence-corrected chi connectivity index (χ2v) is 4.87. The summed E-state index contributed by atoms with van der Waals surface area (Å²) in [5.41, 5.74) is 0.529. The number of carbonyl (C=O) groups excluding carboxylic acids is 1. The lowest BCUT2D eigenvalue weighted by Gasteiger charge is -2.13. The van der Waals surface area contributed by atoms with Crippen molar-refractivity contribution in [3.63, 3.8) is 0 Å². The van der Waals surface area contributed by atoms with Crippen LogP contribution in [0.3, 0.4) is 0 Å². The minimum absolute atomic E-state index is 0.0504. The van der Waals surface area contributed by atoms with E-state index in [9.17, 15) is 4.79 Å². The summed E-state index contributed by atoms with van der Waals surface area (Å²) in [4.78, 5) is 14.1. The van der Waals surface area contributed by atoms with Crippen molar-refractivity contribution in [1.29, 1.82) is 0 Å². The van der Waals surface area contributed by atoms with E-state index >= 15 is 0 Å². The van der Waals surface area contributed by atoms with Crippen LogP contribution in [0.15, 0.2) is 18.2 Å². The molecule has 86 valence electrons. The van der Waals surface area contributed by atoms with Gasteiger partial charge in [-0.05, 0) is 44.1 Å². The highest BCUT2D eigenvalue weighted by Crippen LogP contribution is 2.21. The fourth-order valence-electron chi connectivity index (χ4n) is 1.94. The Hall–Kier alpha value is -0.570. The minimum Gasteiger partial charge on any atom is -0.296 e. The number of likely N-dealkylation sites (tertiary alicyclic amines) is 1. The van der Waals surface area contributed by atoms with Gasteiger partial charge in [-0.1, -0.05) is 23.2 Å². The molecule has 0 bridgehead atoms. The maximum atomic E-state index is 12.0. The van der Waals surface area contributed by atoms with Crippen LogP contribution in [-0.4, -0.2) is 30.3 Å². The van der Waals surface area contributed by atoms with E-state index in [1.165, 1.54) is 12.8 Å². The van der Waals surface area contributed by atoms with Crippen LogP contribution in [0, 0.1) is 0 Å². The number of ketones is 1. The number of hydrogen-bond acceptors (Lipinski definition) is 2. The second kappa shape index (κ2) is 5.17. The van der Waals surface area contributed by atoms with Crippen LogP contribution in [0.5, 0.6) is 0 Å². The first-order valence-electron chi connectivity index (χ1n) is 5.37. The van der Waals surface area contributed by atoms with Gasteiger partial charge < -0.3 is 0 Å². The van der Waals surface area contributed by atoms with Crippen molar-refractivity contribution in [2.24, 2.45) is 0 Å². The first-order valence-corrected chi connectivity index (χ1v) is 6.13. The normalized spacial score (nSPS) is 16.6. The van der Waals surface area contributed by atoms with Crippen LogP contribution in [0.1, 0.15) is 23.2 Å². The van der Waals surface area contributed by atoms with Crippen molar-refractivity contribution in [1.82, 2.24) is 4.90 Å². The fraction of sp³-hybridized carbons (Fsp3) is 0.417. The predicted octanol–water partition coefficient (Wildman–Crippen LogP) is 3.27. The van der Waals surface area contributed by atoms with E-state index in [2.05, 4.69) is 4.90 Å². The molecule has 0 amide bonds. The Bertz CT molecular complexity index is 400. The SMILES string of the molecule is O=C(CN1CCCC1)c1cc(Cl)ccc1Cl. The first-order chi connectivity index (χ1) is 7.66. The summed E-state index contributed by atoms with van der Waals surface area (Å²) in [6.07, 6.45) is 2.35. The second-order valence-electron chi connectivity index (χ2n) is 4.03. The topological polar surface area (TPSA) is 20.3 Å². The Morgan fingerprint density at radius 2 is 1.94 bits per heavy atom. The van der Waals surface area contributed by atoms with Crippen LogP contribution < -0.4 is 0 Å². The summed E-state index contributed by atoms with van der Waals surface area (Å²) >= 11 is 11.8. The number of benzene rings is 1. The van der Waals surface area contributed by atoms with Gasteiger partial charge in [-0.3, -0.25) is 9.69 Å². The molecule has 2 nitrogen and oxygen atoms in total. The molecule has 16 heavy (non-hydrogen) atoms. The van der Waals surface area contributed by atoms with Gasteiger partial charge in [-0.15, -0.1) is 0 Å². The number of hydrogen-bond donors (Lipinski definition) is 0. The van der Waals surface area contributed by atoms with E-state index in [1.54, 1.807) is 18.2 Å². The zero-order chi connectivity index (χ0) is 11.5. The minimum atomic E-state index is 0.0504. The lowest BCUT2D eigenvalue weighted by molar-refractivity contribution is 0.0945. The first kappa shape index (κ1) is 11.9. The third-order valence-electron chi connectivity index (χ3n) is 2.79. The Morgan fingerprint density at radius 1 is 1.25 bits per heavy atom. The van der Waals surface area contributed by atoms with Crippen molar-refractivity contribution >= 4 is 29.0 Å². The lowest BCUT2D eigenvalue weighted by Crippen LogP contribution is -2.27. The zero-order valence-electron chi connectivity index (χ0n) is 8.88. The van der Waals surface area contributed by atoms with Gasteiger partial charge >= 0.3 is 0 Å². The van der Waals surface area contributed by atoms with Crippen molar-refractivity contribution in [3.05, 3.63) is 33.8 Å². The molecule has 1 fully saturated rings. The molecule has 0 aliphatic carbocycles. The predicted molar refractivity (Wildman–Crippen MR) is 66.5 cm³/mol. The summed E-state index contributed by atoms with van der Waals surface area (Å²) in [5, 5.41) is 1.03. The van der Waals surface area contributed by atoms with Crippen LogP contribution in [0.25, 0.3) is 0 Å². The molecular weight excluding hydrogens is 245 g/mol. The average Bonchev–Trinajstić information content (AvgIpc) is 2.74. The van der Waals surface area contributed by atoms with E-state index in [-0.39, 0.29) is 5.78 Å². The molecule has 1 aliphatic rings. The number of Topliss-reactive ketones (excluding diaryl/α,β-unsaturated/α-hetero) is 1. The molecule has 0 spiro atoms. The molecule has 0 unspecified atom stereocenters. The highest BCUT2D eigenvalue weighted by molar-refractivity contribution is 6.36. The summed E-state index contributed by atoms with van der Waals surface area (Å²) < 4.78 is 0. The molecular formula is C12H13Cl2NO. The molecule has 1 aliphatic heterocycles. The average molecular weight is 258 g/mol. The Kier molecular flexibility index (Phi) is 3.85. The van der Waals surface area contributed by atoms with Crippen LogP contribution >= 0.6 is 23.2 Å². The van der Waals surface area contributed by atoms with E-state index in [0.29, 0.717) is 22.2 Å². The summed E-state index contributed by atoms with van der Waals surface area (Å²) in [7, 11) is 0. The molecule has 4 heteroatoms. The van der Waals surface area contributed by atoms with Gasteiger partial charge in [0, 0.05) is 10.6 Å². The summed E-state index contributed by atoms with van der Waals surface area (Å²) in [6.45, 7) is 2.45. The molecule has 0 atom stereocenters. The third-order valence-corrected chi connectivity index (χ3v) is 3.36. The standard InChI is InChI=1S/C12H13Cl2NO/c13-9-3-4-11(14)10(7-9)12(16)8-15-5-1-2-6-15/h3-4,7H,1-2,5-6,8H2. The van der Waals surface area contributed by atoms with Crippen molar-refractivity contribution in [2.45, 2.75) is 12.8 Å². The number of carbonyl (C=O) groups is 1. The van der Waals surface area contributed by atoms with Crippen molar-refractivity contribution in [2.75, 3.05) is 19.6 Å². The number of nitrogens with zero attached hydrogens (tertiary/aromatic N) is 1. The molecule has 1 saturated heterocycles. The molecule has 1 aromatic carbocycles. The molecule has 0 saturated carbocycles. The van der Waals surface area contributed by atoms with Gasteiger partial charge in [0.25, 0.3) is 0 Å². The third kappa shape index (κ3) is 2.76. The molecule has 2 rings (SSSR count). The van der Waals surface area contributed by atoms with Gasteiger partial charge in [0.2, 0.25) is 0 Å². The van der Waals surface area contributed by atoms with Crippen LogP contribution in [-0.2, 0) is 0 Å². The molecule has 0 aromatic heterocycles. The van der Waals surface area contributed by atoms with Crippen LogP contribution in [0.4, 0.5) is 0 Å². The Balaban J connectivity index is 2.10. The number of halogens is 2. The monoisotopic (exact) mass is 257 g/mol. The smallest absolute Gasteiger partial charge is 0.178 e. The molecule has 0 radical (unpaired) electrons. The zero-order valence-corrected chi connectivity index (χ0v) is 10.4. The Morgan fingerprint density at radius 3 is 2.62 bits per heavy atom. The molecule has 1 aromatic rings. The number of rotatable bonds is 3. The maximum absolute atomic E-state index is 12.0. The highest BCUT2D eigenvalue weighted by Gasteiger charge is 2.18. The van der Waals surface area contributed by atoms with Crippen molar-refractivity contribution < 1.29 is 4.79 Å². The molecule has 0 N–H and O–H groups in total. The quantitative estimate of drug-likeness (QED) is 0.775. The van der Waals surface area contributed by atoms with E-state index < -0.39 is 0 Å².